The normalized spacial score (nSPS) is 11.5. The van der Waals surface area contributed by atoms with E-state index in [1.54, 1.807) is 0 Å². The number of unbranched alkanes of at least 4 members (excludes halogenated alkanes) is 20. The standard InChI is InChI=1S/C48H74O6/c1-39(2)53-45(49)35-23-19-15-11-7-5-9-13-17-21-29-37-51-47-41-31-25-27-33-43(41)48(44-34-28-26-32-42(44)47)52-38-30-22-18-14-10-6-8-12-16-20-24-36-46(50)54-40(3)4/h25-28,31-34,39-40H,5-24,29-30,35-38H2,1-4H3. The van der Waals surface area contributed by atoms with Gasteiger partial charge in [-0.3, -0.25) is 9.59 Å². The van der Waals surface area contributed by atoms with Gasteiger partial charge in [0.05, 0.1) is 25.4 Å². The van der Waals surface area contributed by atoms with Crippen LogP contribution in [-0.2, 0) is 19.1 Å². The summed E-state index contributed by atoms with van der Waals surface area (Å²) in [5.41, 5.74) is 0. The second-order valence-corrected chi connectivity index (χ2v) is 15.8. The largest absolute Gasteiger partial charge is 0.492 e. The predicted molar refractivity (Wildman–Crippen MR) is 226 cm³/mol. The van der Waals surface area contributed by atoms with E-state index < -0.39 is 0 Å². The van der Waals surface area contributed by atoms with Crippen LogP contribution in [0.5, 0.6) is 11.5 Å². The summed E-state index contributed by atoms with van der Waals surface area (Å²) in [6.07, 6.45) is 27.7. The molecule has 54 heavy (non-hydrogen) atoms. The number of carbonyl (C=O) groups is 2. The molecule has 0 saturated carbocycles. The number of benzene rings is 3. The molecule has 0 aliphatic rings. The van der Waals surface area contributed by atoms with Crippen LogP contribution in [0.4, 0.5) is 0 Å². The van der Waals surface area contributed by atoms with Crippen LogP contribution in [0.15, 0.2) is 48.5 Å². The van der Waals surface area contributed by atoms with Crippen LogP contribution in [-0.4, -0.2) is 37.4 Å². The second-order valence-electron chi connectivity index (χ2n) is 15.8. The van der Waals surface area contributed by atoms with Crippen molar-refractivity contribution >= 4 is 33.5 Å². The van der Waals surface area contributed by atoms with E-state index in [0.29, 0.717) is 12.8 Å². The summed E-state index contributed by atoms with van der Waals surface area (Å²) in [5, 5.41) is 4.54. The molecule has 3 aromatic carbocycles. The van der Waals surface area contributed by atoms with Gasteiger partial charge in [0.15, 0.2) is 0 Å². The van der Waals surface area contributed by atoms with Gasteiger partial charge in [0, 0.05) is 34.4 Å². The van der Waals surface area contributed by atoms with Crippen LogP contribution >= 0.6 is 0 Å². The minimum atomic E-state index is -0.0567. The third-order valence-corrected chi connectivity index (χ3v) is 10.1. The Hall–Kier alpha value is -3.28. The summed E-state index contributed by atoms with van der Waals surface area (Å²) in [4.78, 5) is 23.2. The zero-order valence-electron chi connectivity index (χ0n) is 34.6. The molecule has 0 bridgehead atoms. The van der Waals surface area contributed by atoms with Crippen molar-refractivity contribution < 1.29 is 28.5 Å². The lowest BCUT2D eigenvalue weighted by Crippen LogP contribution is -2.10. The van der Waals surface area contributed by atoms with Crippen LogP contribution in [0, 0.1) is 0 Å². The number of hydrogen-bond donors (Lipinski definition) is 0. The maximum Gasteiger partial charge on any atom is 0.306 e. The van der Waals surface area contributed by atoms with Crippen molar-refractivity contribution in [3.05, 3.63) is 48.5 Å². The van der Waals surface area contributed by atoms with Crippen LogP contribution in [0.3, 0.4) is 0 Å². The van der Waals surface area contributed by atoms with Crippen molar-refractivity contribution in [2.75, 3.05) is 13.2 Å². The molecule has 3 rings (SSSR count). The maximum absolute atomic E-state index is 11.6. The van der Waals surface area contributed by atoms with E-state index >= 15 is 0 Å². The lowest BCUT2D eigenvalue weighted by atomic mass is 10.0. The number of rotatable bonds is 32. The third-order valence-electron chi connectivity index (χ3n) is 10.1. The van der Waals surface area contributed by atoms with Crippen LogP contribution in [0.2, 0.25) is 0 Å². The van der Waals surface area contributed by atoms with E-state index in [4.69, 9.17) is 18.9 Å². The van der Waals surface area contributed by atoms with Gasteiger partial charge in [0.25, 0.3) is 0 Å². The molecule has 6 heteroatoms. The Labute approximate surface area is 328 Å². The average molecular weight is 747 g/mol. The zero-order chi connectivity index (χ0) is 38.6. The minimum Gasteiger partial charge on any atom is -0.492 e. The Bertz CT molecular complexity index is 1280. The molecule has 0 N–H and O–H groups in total. The highest BCUT2D eigenvalue weighted by Crippen LogP contribution is 2.42. The molecule has 0 spiro atoms. The van der Waals surface area contributed by atoms with E-state index in [1.165, 1.54) is 103 Å². The third kappa shape index (κ3) is 18.8. The van der Waals surface area contributed by atoms with Crippen LogP contribution < -0.4 is 9.47 Å². The molecule has 0 fully saturated rings. The van der Waals surface area contributed by atoms with Crippen LogP contribution in [0.25, 0.3) is 21.5 Å². The summed E-state index contributed by atoms with van der Waals surface area (Å²) in [7, 11) is 0. The number of fused-ring (bicyclic) bond motifs is 2. The summed E-state index contributed by atoms with van der Waals surface area (Å²) in [5.74, 6) is 1.85. The van der Waals surface area contributed by atoms with Gasteiger partial charge in [-0.05, 0) is 53.4 Å². The molecule has 0 amide bonds. The number of esters is 2. The van der Waals surface area contributed by atoms with Crippen molar-refractivity contribution in [1.29, 1.82) is 0 Å². The van der Waals surface area contributed by atoms with Crippen LogP contribution in [0.1, 0.15) is 182 Å². The Balaban J connectivity index is 1.28. The van der Waals surface area contributed by atoms with Gasteiger partial charge in [0.2, 0.25) is 0 Å². The molecule has 0 aliphatic heterocycles. The molecule has 0 radical (unpaired) electrons. The fraction of sp³-hybridized carbons (Fsp3) is 0.667. The van der Waals surface area contributed by atoms with E-state index in [-0.39, 0.29) is 24.1 Å². The molecule has 3 aromatic rings. The summed E-state index contributed by atoms with van der Waals surface area (Å²) in [6, 6.07) is 17.1. The molecular formula is C48H74O6. The summed E-state index contributed by atoms with van der Waals surface area (Å²) >= 11 is 0. The van der Waals surface area contributed by atoms with Gasteiger partial charge in [-0.15, -0.1) is 0 Å². The number of carbonyl (C=O) groups excluding carboxylic acids is 2. The second kappa shape index (κ2) is 28.2. The number of hydrogen-bond acceptors (Lipinski definition) is 6. The van der Waals surface area contributed by atoms with Crippen molar-refractivity contribution in [2.45, 2.75) is 194 Å². The van der Waals surface area contributed by atoms with E-state index in [0.717, 1.165) is 84.8 Å². The molecule has 302 valence electrons. The quantitative estimate of drug-likeness (QED) is 0.0360. The molecule has 0 saturated heterocycles. The first kappa shape index (κ1) is 45.1. The topological polar surface area (TPSA) is 71.1 Å². The van der Waals surface area contributed by atoms with Crippen molar-refractivity contribution in [1.82, 2.24) is 0 Å². The molecule has 6 nitrogen and oxygen atoms in total. The van der Waals surface area contributed by atoms with Crippen molar-refractivity contribution in [2.24, 2.45) is 0 Å². The monoisotopic (exact) mass is 747 g/mol. The highest BCUT2D eigenvalue weighted by molar-refractivity contribution is 6.11. The fourth-order valence-corrected chi connectivity index (χ4v) is 7.28. The first-order valence-corrected chi connectivity index (χ1v) is 21.9. The lowest BCUT2D eigenvalue weighted by Gasteiger charge is -2.18. The van der Waals surface area contributed by atoms with Gasteiger partial charge >= 0.3 is 11.9 Å². The Kier molecular flexibility index (Phi) is 23.5. The lowest BCUT2D eigenvalue weighted by molar-refractivity contribution is -0.148. The predicted octanol–water partition coefficient (Wildman–Crippen LogP) is 14.0. The van der Waals surface area contributed by atoms with E-state index in [2.05, 4.69) is 48.5 Å². The summed E-state index contributed by atoms with van der Waals surface area (Å²) < 4.78 is 23.5. The summed E-state index contributed by atoms with van der Waals surface area (Å²) in [6.45, 7) is 9.08. The molecule has 0 aromatic heterocycles. The Morgan fingerprint density at radius 3 is 0.889 bits per heavy atom. The maximum atomic E-state index is 11.6. The zero-order valence-corrected chi connectivity index (χ0v) is 34.6. The van der Waals surface area contributed by atoms with Crippen molar-refractivity contribution in [3.8, 4) is 11.5 Å². The van der Waals surface area contributed by atoms with Crippen molar-refractivity contribution in [3.63, 3.8) is 0 Å². The highest BCUT2D eigenvalue weighted by Gasteiger charge is 2.16. The van der Waals surface area contributed by atoms with E-state index in [9.17, 15) is 9.59 Å². The highest BCUT2D eigenvalue weighted by atomic mass is 16.5. The van der Waals surface area contributed by atoms with Gasteiger partial charge in [-0.1, -0.05) is 164 Å². The van der Waals surface area contributed by atoms with Gasteiger partial charge in [0.1, 0.15) is 11.5 Å². The molecule has 0 aliphatic carbocycles. The Morgan fingerprint density at radius 2 is 0.630 bits per heavy atom. The fourth-order valence-electron chi connectivity index (χ4n) is 7.28. The molecule has 0 heterocycles. The Morgan fingerprint density at radius 1 is 0.389 bits per heavy atom. The van der Waals surface area contributed by atoms with E-state index in [1.807, 2.05) is 27.7 Å². The molecule has 0 unspecified atom stereocenters. The van der Waals surface area contributed by atoms with Gasteiger partial charge < -0.3 is 18.9 Å². The van der Waals surface area contributed by atoms with Gasteiger partial charge in [-0.25, -0.2) is 0 Å². The number of ether oxygens (including phenoxy) is 4. The molecule has 0 atom stereocenters. The minimum absolute atomic E-state index is 0.00905. The first-order chi connectivity index (χ1) is 26.4. The van der Waals surface area contributed by atoms with Gasteiger partial charge in [-0.2, -0.15) is 0 Å². The smallest absolute Gasteiger partial charge is 0.306 e. The average Bonchev–Trinajstić information content (AvgIpc) is 3.14. The molecular weight excluding hydrogens is 673 g/mol. The first-order valence-electron chi connectivity index (χ1n) is 21.9. The SMILES string of the molecule is CC(C)OC(=O)CCCCCCCCCCCCCOc1c2ccccc2c(OCCCCCCCCCCCCCC(=O)OC(C)C)c2ccccc12.